The third-order valence-electron chi connectivity index (χ3n) is 5.30. The zero-order chi connectivity index (χ0) is 18.7. The molecule has 3 nitrogen and oxygen atoms in total. The van der Waals surface area contributed by atoms with Crippen LogP contribution in [0.15, 0.2) is 91.0 Å². The Morgan fingerprint density at radius 3 is 1.52 bits per heavy atom. The Labute approximate surface area is 161 Å². The van der Waals surface area contributed by atoms with Crippen LogP contribution in [-0.4, -0.2) is 26.9 Å². The van der Waals surface area contributed by atoms with Gasteiger partial charge in [0, 0.05) is 6.54 Å². The summed E-state index contributed by atoms with van der Waals surface area (Å²) in [6.45, 7) is 2.71. The molecule has 0 aromatic heterocycles. The van der Waals surface area contributed by atoms with E-state index in [1.807, 2.05) is 25.1 Å². The number of benzene rings is 3. The Bertz CT molecular complexity index is 803. The lowest BCUT2D eigenvalue weighted by atomic mass is 9.97. The average Bonchev–Trinajstić information content (AvgIpc) is 2.73. The smallest absolute Gasteiger partial charge is 0.288 e. The summed E-state index contributed by atoms with van der Waals surface area (Å²) in [5.41, 5.74) is 0. The van der Waals surface area contributed by atoms with Crippen molar-refractivity contribution in [3.63, 3.8) is 0 Å². The number of nitrogens with one attached hydrogen (secondary N) is 1. The third kappa shape index (κ3) is 3.22. The van der Waals surface area contributed by atoms with E-state index in [9.17, 15) is 4.79 Å². The van der Waals surface area contributed by atoms with E-state index in [2.05, 4.69) is 78.1 Å². The molecular weight excluding hydrogens is 350 g/mol. The van der Waals surface area contributed by atoms with Crippen LogP contribution in [0.3, 0.4) is 0 Å². The normalized spacial score (nSPS) is 17.7. The molecule has 2 atom stereocenters. The molecule has 4 rings (SSSR count). The van der Waals surface area contributed by atoms with Gasteiger partial charge in [0.15, 0.2) is 0 Å². The van der Waals surface area contributed by atoms with Gasteiger partial charge >= 0.3 is 0 Å². The summed E-state index contributed by atoms with van der Waals surface area (Å²) in [6.07, 6.45) is -0.161. The lowest BCUT2D eigenvalue weighted by Gasteiger charge is -2.40. The molecule has 1 saturated heterocycles. The first-order valence-corrected chi connectivity index (χ1v) is 11.2. The van der Waals surface area contributed by atoms with E-state index in [1.54, 1.807) is 0 Å². The van der Waals surface area contributed by atoms with Crippen molar-refractivity contribution in [1.29, 1.82) is 0 Å². The number of hydrogen-bond donors (Lipinski definition) is 1. The van der Waals surface area contributed by atoms with Crippen molar-refractivity contribution in [1.82, 2.24) is 5.32 Å². The van der Waals surface area contributed by atoms with Gasteiger partial charge < -0.3 is 9.74 Å². The largest absolute Gasteiger partial charge is 0.401 e. The zero-order valence-electron chi connectivity index (χ0n) is 15.3. The topological polar surface area (TPSA) is 38.3 Å². The van der Waals surface area contributed by atoms with Crippen molar-refractivity contribution in [2.75, 3.05) is 6.54 Å². The summed E-state index contributed by atoms with van der Waals surface area (Å²) in [5.74, 6) is -0.00685. The first-order chi connectivity index (χ1) is 13.2. The zero-order valence-corrected chi connectivity index (χ0v) is 16.3. The molecule has 1 amide bonds. The minimum Gasteiger partial charge on any atom is -0.401 e. The summed E-state index contributed by atoms with van der Waals surface area (Å²) in [5, 5.41) is 6.41. The summed E-state index contributed by atoms with van der Waals surface area (Å²) in [6, 6.07) is 31.4. The summed E-state index contributed by atoms with van der Waals surface area (Å²) in [7, 11) is -2.74. The van der Waals surface area contributed by atoms with Gasteiger partial charge in [0.2, 0.25) is 5.91 Å². The van der Waals surface area contributed by atoms with Crippen molar-refractivity contribution in [2.45, 2.75) is 13.0 Å². The molecule has 4 heteroatoms. The van der Waals surface area contributed by atoms with Gasteiger partial charge in [-0.1, -0.05) is 91.0 Å². The highest BCUT2D eigenvalue weighted by Crippen LogP contribution is 2.20. The number of carbonyl (C=O) groups is 1. The fourth-order valence-electron chi connectivity index (χ4n) is 3.77. The van der Waals surface area contributed by atoms with Crippen LogP contribution in [0.2, 0.25) is 0 Å². The Morgan fingerprint density at radius 2 is 1.22 bits per heavy atom. The maximum Gasteiger partial charge on any atom is 0.288 e. The van der Waals surface area contributed by atoms with Crippen molar-refractivity contribution in [3.8, 4) is 0 Å². The Morgan fingerprint density at radius 1 is 0.815 bits per heavy atom. The highest BCUT2D eigenvalue weighted by atomic mass is 28.4. The van der Waals surface area contributed by atoms with Crippen LogP contribution in [0.25, 0.3) is 0 Å². The maximum atomic E-state index is 12.0. The molecule has 0 unspecified atom stereocenters. The third-order valence-corrected chi connectivity index (χ3v) is 9.47. The van der Waals surface area contributed by atoms with E-state index in [-0.39, 0.29) is 17.9 Å². The first-order valence-electron chi connectivity index (χ1n) is 9.34. The van der Waals surface area contributed by atoms with Gasteiger partial charge in [0.05, 0.1) is 12.0 Å². The van der Waals surface area contributed by atoms with Gasteiger partial charge in [-0.15, -0.1) is 0 Å². The predicted molar refractivity (Wildman–Crippen MR) is 111 cm³/mol. The molecular formula is C23H23NO2Si. The van der Waals surface area contributed by atoms with E-state index < -0.39 is 8.32 Å². The number of hydrogen-bond acceptors (Lipinski definition) is 2. The lowest BCUT2D eigenvalue weighted by Crippen LogP contribution is -2.71. The molecule has 0 spiro atoms. The van der Waals surface area contributed by atoms with Crippen LogP contribution < -0.4 is 20.9 Å². The van der Waals surface area contributed by atoms with Crippen LogP contribution in [0, 0.1) is 5.92 Å². The van der Waals surface area contributed by atoms with E-state index in [1.165, 1.54) is 15.6 Å². The molecule has 0 saturated carbocycles. The molecule has 1 aliphatic heterocycles. The second kappa shape index (κ2) is 7.51. The number of rotatable bonds is 6. The predicted octanol–water partition coefficient (Wildman–Crippen LogP) is 1.80. The van der Waals surface area contributed by atoms with Crippen molar-refractivity contribution in [3.05, 3.63) is 91.0 Å². The van der Waals surface area contributed by atoms with Gasteiger partial charge in [-0.3, -0.25) is 4.79 Å². The van der Waals surface area contributed by atoms with Gasteiger partial charge in [0.1, 0.15) is 0 Å². The van der Waals surface area contributed by atoms with Crippen LogP contribution in [0.1, 0.15) is 6.92 Å². The van der Waals surface area contributed by atoms with Gasteiger partial charge in [-0.2, -0.15) is 0 Å². The molecule has 0 aliphatic carbocycles. The molecule has 1 heterocycles. The van der Waals surface area contributed by atoms with Crippen molar-refractivity contribution >= 4 is 29.8 Å². The molecule has 1 N–H and O–H groups in total. The van der Waals surface area contributed by atoms with Crippen LogP contribution in [0.4, 0.5) is 0 Å². The summed E-state index contributed by atoms with van der Waals surface area (Å²) in [4.78, 5) is 12.0. The van der Waals surface area contributed by atoms with E-state index >= 15 is 0 Å². The lowest BCUT2D eigenvalue weighted by molar-refractivity contribution is -0.134. The number of carbonyl (C=O) groups excluding carboxylic acids is 1. The van der Waals surface area contributed by atoms with Gasteiger partial charge in [0.25, 0.3) is 8.32 Å². The van der Waals surface area contributed by atoms with Gasteiger partial charge in [-0.25, -0.2) is 0 Å². The average molecular weight is 374 g/mol. The summed E-state index contributed by atoms with van der Waals surface area (Å²) < 4.78 is 6.95. The molecule has 3 aromatic carbocycles. The molecule has 0 bridgehead atoms. The van der Waals surface area contributed by atoms with E-state index in [4.69, 9.17) is 4.43 Å². The Kier molecular flexibility index (Phi) is 4.92. The Hall–Kier alpha value is -2.69. The monoisotopic (exact) mass is 373 g/mol. The minimum atomic E-state index is -2.74. The fraction of sp³-hybridized carbons (Fsp3) is 0.174. The molecule has 27 heavy (non-hydrogen) atoms. The molecule has 1 aliphatic rings. The maximum absolute atomic E-state index is 12.0. The standard InChI is InChI=1S/C23H23NO2Si/c1-18(22-17-24-23(22)25)26-27(19-11-5-2-6-12-19,20-13-7-3-8-14-20)21-15-9-4-10-16-21/h2-16,18,22H,17H2,1H3,(H,24,25)/t18-,22+/m1/s1. The molecule has 1 fully saturated rings. The minimum absolute atomic E-state index is 0.0829. The van der Waals surface area contributed by atoms with Gasteiger partial charge in [-0.05, 0) is 22.5 Å². The van der Waals surface area contributed by atoms with Crippen molar-refractivity contribution in [2.24, 2.45) is 5.92 Å². The van der Waals surface area contributed by atoms with Crippen LogP contribution in [-0.2, 0) is 9.22 Å². The molecule has 3 aromatic rings. The Balaban J connectivity index is 1.90. The second-order valence-corrected chi connectivity index (χ2v) is 10.3. The van der Waals surface area contributed by atoms with E-state index in [0.717, 1.165) is 0 Å². The highest BCUT2D eigenvalue weighted by molar-refractivity contribution is 7.07. The van der Waals surface area contributed by atoms with Crippen LogP contribution >= 0.6 is 0 Å². The second-order valence-electron chi connectivity index (χ2n) is 6.95. The number of amides is 1. The molecule has 136 valence electrons. The highest BCUT2D eigenvalue weighted by Gasteiger charge is 2.46. The number of β-lactam (4-membered cyclic amide) rings is 1. The molecule has 0 radical (unpaired) electrons. The summed E-state index contributed by atoms with van der Waals surface area (Å²) >= 11 is 0. The van der Waals surface area contributed by atoms with Crippen molar-refractivity contribution < 1.29 is 9.22 Å². The van der Waals surface area contributed by atoms with Crippen LogP contribution in [0.5, 0.6) is 0 Å². The van der Waals surface area contributed by atoms with E-state index in [0.29, 0.717) is 6.54 Å². The fourth-order valence-corrected chi connectivity index (χ4v) is 7.88. The SMILES string of the molecule is C[C@@H](O[Si](c1ccccc1)(c1ccccc1)c1ccccc1)[C@@H]1CNC1=O. The first kappa shape index (κ1) is 17.7. The quantitative estimate of drug-likeness (QED) is 0.407.